The third-order valence-electron chi connectivity index (χ3n) is 4.52. The van der Waals surface area contributed by atoms with E-state index in [1.54, 1.807) is 20.2 Å². The van der Waals surface area contributed by atoms with Crippen molar-refractivity contribution in [3.05, 3.63) is 59.7 Å². The van der Waals surface area contributed by atoms with Gasteiger partial charge in [0.1, 0.15) is 12.1 Å². The third-order valence-corrected chi connectivity index (χ3v) is 4.52. The number of aromatic nitrogens is 2. The first-order valence-corrected chi connectivity index (χ1v) is 8.23. The van der Waals surface area contributed by atoms with Crippen LogP contribution in [0, 0.1) is 17.6 Å². The predicted octanol–water partition coefficient (Wildman–Crippen LogP) is 3.86. The van der Waals surface area contributed by atoms with Crippen molar-refractivity contribution in [3.63, 3.8) is 0 Å². The molecule has 1 aromatic heterocycles. The summed E-state index contributed by atoms with van der Waals surface area (Å²) in [6.07, 6.45) is 5.16. The highest BCUT2D eigenvalue weighted by molar-refractivity contribution is 5.57. The lowest BCUT2D eigenvalue weighted by Crippen LogP contribution is -2.35. The summed E-state index contributed by atoms with van der Waals surface area (Å²) >= 11 is 0. The van der Waals surface area contributed by atoms with Crippen molar-refractivity contribution < 1.29 is 13.9 Å². The molecule has 3 atom stereocenters. The summed E-state index contributed by atoms with van der Waals surface area (Å²) in [7, 11) is 1.69. The molecule has 0 fully saturated rings. The summed E-state index contributed by atoms with van der Waals surface area (Å²) in [5.41, 5.74) is -0.734. The van der Waals surface area contributed by atoms with E-state index < -0.39 is 23.2 Å². The summed E-state index contributed by atoms with van der Waals surface area (Å²) in [4.78, 5) is 11.6. The van der Waals surface area contributed by atoms with Gasteiger partial charge < -0.3 is 10.1 Å². The number of hydrogen-bond acceptors (Lipinski definition) is 4. The van der Waals surface area contributed by atoms with Gasteiger partial charge in [-0.25, -0.2) is 18.7 Å². The van der Waals surface area contributed by atoms with E-state index >= 15 is 0 Å². The van der Waals surface area contributed by atoms with Crippen LogP contribution < -0.4 is 0 Å². The second-order valence-electron chi connectivity index (χ2n) is 6.39. The van der Waals surface area contributed by atoms with Crippen LogP contribution in [0.15, 0.2) is 41.8 Å². The molecule has 0 radical (unpaired) electrons. The second kappa shape index (κ2) is 8.25. The Morgan fingerprint density at radius 2 is 1.92 bits per heavy atom. The lowest BCUT2D eigenvalue weighted by atomic mass is 9.74. The van der Waals surface area contributed by atoms with Gasteiger partial charge in [-0.3, -0.25) is 0 Å². The lowest BCUT2D eigenvalue weighted by Gasteiger charge is -2.36. The highest BCUT2D eigenvalue weighted by atomic mass is 19.1. The van der Waals surface area contributed by atoms with Gasteiger partial charge in [-0.15, -0.1) is 0 Å². The zero-order chi connectivity index (χ0) is 18.4. The molecule has 0 aliphatic heterocycles. The van der Waals surface area contributed by atoms with Gasteiger partial charge in [-0.1, -0.05) is 26.0 Å². The van der Waals surface area contributed by atoms with Crippen LogP contribution in [0.3, 0.4) is 0 Å². The van der Waals surface area contributed by atoms with E-state index in [9.17, 15) is 13.9 Å². The van der Waals surface area contributed by atoms with Crippen molar-refractivity contribution in [1.29, 1.82) is 0 Å². The van der Waals surface area contributed by atoms with Gasteiger partial charge in [-0.2, -0.15) is 0 Å². The van der Waals surface area contributed by atoms with Crippen LogP contribution in [-0.4, -0.2) is 28.3 Å². The Morgan fingerprint density at radius 1 is 1.24 bits per heavy atom. The van der Waals surface area contributed by atoms with Crippen LogP contribution >= 0.6 is 0 Å². The van der Waals surface area contributed by atoms with E-state index in [1.807, 2.05) is 6.92 Å². The molecule has 134 valence electrons. The van der Waals surface area contributed by atoms with E-state index in [-0.39, 0.29) is 11.6 Å². The molecular formula is C19H23F2N3O. The van der Waals surface area contributed by atoms with Crippen molar-refractivity contribution in [1.82, 2.24) is 9.97 Å². The second-order valence-corrected chi connectivity index (χ2v) is 6.39. The average Bonchev–Trinajstić information content (AvgIpc) is 2.60. The fourth-order valence-electron chi connectivity index (χ4n) is 3.05. The highest BCUT2D eigenvalue weighted by Gasteiger charge is 2.39. The molecule has 2 rings (SSSR count). The van der Waals surface area contributed by atoms with Gasteiger partial charge >= 0.3 is 0 Å². The zero-order valence-electron chi connectivity index (χ0n) is 14.7. The number of hydrogen-bond donors (Lipinski definition) is 1. The van der Waals surface area contributed by atoms with E-state index in [2.05, 4.69) is 15.0 Å². The molecule has 3 unspecified atom stereocenters. The quantitative estimate of drug-likeness (QED) is 0.774. The maximum Gasteiger partial charge on any atom is 0.163 e. The largest absolute Gasteiger partial charge is 0.384 e. The van der Waals surface area contributed by atoms with Crippen LogP contribution in [0.5, 0.6) is 0 Å². The number of halogens is 2. The topological polar surface area (TPSA) is 58.4 Å². The maximum atomic E-state index is 14.2. The Hall–Kier alpha value is -2.21. The van der Waals surface area contributed by atoms with Gasteiger partial charge in [-0.05, 0) is 42.7 Å². The molecule has 0 amide bonds. The van der Waals surface area contributed by atoms with Crippen LogP contribution in [0.1, 0.15) is 43.9 Å². The Kier molecular flexibility index (Phi) is 6.31. The SMILES string of the molecule is CN=CCC(C)CC(O)(c1ccc(F)cc1)C(C)c1ncncc1F. The number of aliphatic hydroxyl groups is 1. The normalized spacial score (nSPS) is 16.6. The van der Waals surface area contributed by atoms with Gasteiger partial charge in [0, 0.05) is 13.0 Å². The lowest BCUT2D eigenvalue weighted by molar-refractivity contribution is -0.0109. The van der Waals surface area contributed by atoms with Crippen LogP contribution in [-0.2, 0) is 5.60 Å². The number of benzene rings is 1. The van der Waals surface area contributed by atoms with Gasteiger partial charge in [0.05, 0.1) is 17.5 Å². The molecular weight excluding hydrogens is 324 g/mol. The van der Waals surface area contributed by atoms with Gasteiger partial charge in [0.15, 0.2) is 5.82 Å². The molecule has 25 heavy (non-hydrogen) atoms. The molecule has 0 spiro atoms. The van der Waals surface area contributed by atoms with E-state index in [1.165, 1.54) is 30.6 Å². The van der Waals surface area contributed by atoms with E-state index in [0.717, 1.165) is 6.20 Å². The summed E-state index contributed by atoms with van der Waals surface area (Å²) in [6.45, 7) is 3.70. The fraction of sp³-hybridized carbons (Fsp3) is 0.421. The smallest absolute Gasteiger partial charge is 0.163 e. The first-order valence-electron chi connectivity index (χ1n) is 8.23. The van der Waals surface area contributed by atoms with Crippen molar-refractivity contribution >= 4 is 6.21 Å². The summed E-state index contributed by atoms with van der Waals surface area (Å²) in [5, 5.41) is 11.5. The Balaban J connectivity index is 2.44. The van der Waals surface area contributed by atoms with Crippen LogP contribution in [0.2, 0.25) is 0 Å². The minimum Gasteiger partial charge on any atom is -0.384 e. The standard InChI is InChI=1S/C19H23F2N3O/c1-13(8-9-22-3)10-19(25,15-4-6-16(20)7-5-15)14(2)18-17(21)11-23-12-24-18/h4-7,9,11-14,25H,8,10H2,1-3H3. The highest BCUT2D eigenvalue weighted by Crippen LogP contribution is 2.42. The first-order chi connectivity index (χ1) is 11.9. The molecule has 0 saturated heterocycles. The molecule has 1 heterocycles. The zero-order valence-corrected chi connectivity index (χ0v) is 14.7. The minimum absolute atomic E-state index is 0.0890. The maximum absolute atomic E-state index is 14.2. The molecule has 1 N–H and O–H groups in total. The average molecular weight is 347 g/mol. The Morgan fingerprint density at radius 3 is 2.52 bits per heavy atom. The van der Waals surface area contributed by atoms with Gasteiger partial charge in [0.2, 0.25) is 0 Å². The van der Waals surface area contributed by atoms with Crippen molar-refractivity contribution in [2.24, 2.45) is 10.9 Å². The number of aliphatic imine (C=N–C) groups is 1. The third kappa shape index (κ3) is 4.45. The molecule has 4 nitrogen and oxygen atoms in total. The predicted molar refractivity (Wildman–Crippen MR) is 93.5 cm³/mol. The van der Waals surface area contributed by atoms with Crippen molar-refractivity contribution in [3.8, 4) is 0 Å². The monoisotopic (exact) mass is 347 g/mol. The van der Waals surface area contributed by atoms with E-state index in [0.29, 0.717) is 18.4 Å². The summed E-state index contributed by atoms with van der Waals surface area (Å²) < 4.78 is 27.5. The molecule has 0 aliphatic rings. The molecule has 2 aromatic rings. The number of nitrogens with zero attached hydrogens (tertiary/aromatic N) is 3. The van der Waals surface area contributed by atoms with Crippen molar-refractivity contribution in [2.45, 2.75) is 38.2 Å². The van der Waals surface area contributed by atoms with Crippen LogP contribution in [0.4, 0.5) is 8.78 Å². The molecule has 0 bridgehead atoms. The summed E-state index contributed by atoms with van der Waals surface area (Å²) in [5.74, 6) is -1.51. The molecule has 0 aliphatic carbocycles. The minimum atomic E-state index is -1.40. The van der Waals surface area contributed by atoms with Gasteiger partial charge in [0.25, 0.3) is 0 Å². The fourth-order valence-corrected chi connectivity index (χ4v) is 3.05. The number of rotatable bonds is 7. The van der Waals surface area contributed by atoms with Crippen molar-refractivity contribution in [2.75, 3.05) is 7.05 Å². The first kappa shape index (κ1) is 19.1. The van der Waals surface area contributed by atoms with E-state index in [4.69, 9.17) is 0 Å². The molecule has 6 heteroatoms. The summed E-state index contributed by atoms with van der Waals surface area (Å²) in [6, 6.07) is 5.65. The molecule has 0 saturated carbocycles. The Bertz CT molecular complexity index is 721. The van der Waals surface area contributed by atoms with Crippen LogP contribution in [0.25, 0.3) is 0 Å². The Labute approximate surface area is 146 Å². The molecule has 1 aromatic carbocycles.